The first-order chi connectivity index (χ1) is 13.9. The molecule has 2 N–H and O–H groups in total. The minimum absolute atomic E-state index is 0.0242. The Balaban J connectivity index is 1.61. The molecule has 0 aromatic heterocycles. The molecule has 3 aromatic rings. The molecular weight excluding hydrogens is 370 g/mol. The van der Waals surface area contributed by atoms with Gasteiger partial charge in [-0.1, -0.05) is 54.6 Å². The van der Waals surface area contributed by atoms with Crippen LogP contribution in [0.25, 0.3) is 10.8 Å². The molecule has 0 fully saturated rings. The second-order valence-electron chi connectivity index (χ2n) is 6.71. The maximum absolute atomic E-state index is 12.3. The predicted molar refractivity (Wildman–Crippen MR) is 109 cm³/mol. The van der Waals surface area contributed by atoms with E-state index >= 15 is 0 Å². The molecule has 1 atom stereocenters. The number of ether oxygens (including phenoxy) is 1. The van der Waals surface area contributed by atoms with Crippen LogP contribution < -0.4 is 5.32 Å². The maximum atomic E-state index is 12.3. The quantitative estimate of drug-likeness (QED) is 0.604. The van der Waals surface area contributed by atoms with E-state index in [0.717, 1.165) is 16.3 Å². The fraction of sp³-hybridized carbons (Fsp3) is 0.174. The summed E-state index contributed by atoms with van der Waals surface area (Å²) in [6, 6.07) is 18.8. The smallest absolute Gasteiger partial charge is 0.342 e. The van der Waals surface area contributed by atoms with E-state index < -0.39 is 24.5 Å². The van der Waals surface area contributed by atoms with Gasteiger partial charge in [0.2, 0.25) is 0 Å². The minimum atomic E-state index is -0.814. The summed E-state index contributed by atoms with van der Waals surface area (Å²) in [6.45, 7) is 0.844. The van der Waals surface area contributed by atoms with Crippen LogP contribution in [0.1, 0.15) is 22.8 Å². The highest BCUT2D eigenvalue weighted by Gasteiger charge is 2.20. The molecule has 0 unspecified atom stereocenters. The highest BCUT2D eigenvalue weighted by molar-refractivity contribution is 5.99. The Kier molecular flexibility index (Phi) is 6.24. The highest BCUT2D eigenvalue weighted by Crippen LogP contribution is 2.25. The normalized spacial score (nSPS) is 11.6. The number of benzene rings is 3. The third-order valence-electron chi connectivity index (χ3n) is 4.53. The molecule has 0 saturated carbocycles. The lowest BCUT2D eigenvalue weighted by atomic mass is 10.0. The summed E-state index contributed by atoms with van der Waals surface area (Å²) in [5, 5.41) is 14.2. The van der Waals surface area contributed by atoms with Gasteiger partial charge in [-0.15, -0.1) is 0 Å². The van der Waals surface area contributed by atoms with Crippen LogP contribution in [0.5, 0.6) is 5.75 Å². The zero-order chi connectivity index (χ0) is 20.8. The number of fused-ring (bicyclic) bond motifs is 1. The van der Waals surface area contributed by atoms with E-state index in [9.17, 15) is 19.5 Å². The number of Topliss-reactive ketones (excluding diaryl/α,β-unsaturated/α-hetero) is 1. The van der Waals surface area contributed by atoms with Gasteiger partial charge in [0, 0.05) is 0 Å². The third kappa shape index (κ3) is 5.19. The lowest BCUT2D eigenvalue weighted by Crippen LogP contribution is -2.43. The van der Waals surface area contributed by atoms with E-state index in [4.69, 9.17) is 4.74 Å². The monoisotopic (exact) mass is 391 g/mol. The molecule has 3 rings (SSSR count). The van der Waals surface area contributed by atoms with E-state index in [0.29, 0.717) is 6.42 Å². The Labute approximate surface area is 168 Å². The molecule has 0 spiro atoms. The second-order valence-corrected chi connectivity index (χ2v) is 6.71. The molecule has 0 radical (unpaired) electrons. The highest BCUT2D eigenvalue weighted by atomic mass is 16.5. The van der Waals surface area contributed by atoms with Gasteiger partial charge in [-0.2, -0.15) is 0 Å². The van der Waals surface area contributed by atoms with Gasteiger partial charge < -0.3 is 15.2 Å². The Bertz CT molecular complexity index is 1050. The first kappa shape index (κ1) is 20.1. The summed E-state index contributed by atoms with van der Waals surface area (Å²) < 4.78 is 5.03. The van der Waals surface area contributed by atoms with Crippen molar-refractivity contribution in [2.45, 2.75) is 19.4 Å². The number of rotatable bonds is 7. The van der Waals surface area contributed by atoms with Gasteiger partial charge in [0.25, 0.3) is 5.91 Å². The van der Waals surface area contributed by atoms with Gasteiger partial charge in [-0.3, -0.25) is 9.59 Å². The Morgan fingerprint density at radius 1 is 0.966 bits per heavy atom. The molecule has 6 nitrogen and oxygen atoms in total. The maximum Gasteiger partial charge on any atom is 0.342 e. The number of amides is 1. The van der Waals surface area contributed by atoms with E-state index in [1.165, 1.54) is 19.1 Å². The van der Waals surface area contributed by atoms with E-state index in [-0.39, 0.29) is 17.1 Å². The van der Waals surface area contributed by atoms with Crippen molar-refractivity contribution < 1.29 is 24.2 Å². The number of carbonyl (C=O) groups is 3. The van der Waals surface area contributed by atoms with Crippen LogP contribution in [0.3, 0.4) is 0 Å². The number of hydrogen-bond donors (Lipinski definition) is 2. The molecule has 0 aliphatic heterocycles. The number of aromatic hydroxyl groups is 1. The number of esters is 1. The molecule has 0 saturated heterocycles. The summed E-state index contributed by atoms with van der Waals surface area (Å²) in [7, 11) is 0. The molecule has 6 heteroatoms. The number of ketones is 1. The summed E-state index contributed by atoms with van der Waals surface area (Å²) in [5.74, 6) is -1.82. The molecule has 0 heterocycles. The molecule has 1 amide bonds. The van der Waals surface area contributed by atoms with Crippen molar-refractivity contribution in [3.63, 3.8) is 0 Å². The average Bonchev–Trinajstić information content (AvgIpc) is 2.71. The second kappa shape index (κ2) is 9.01. The van der Waals surface area contributed by atoms with Gasteiger partial charge in [0.05, 0.1) is 6.04 Å². The fourth-order valence-corrected chi connectivity index (χ4v) is 2.98. The largest absolute Gasteiger partial charge is 0.507 e. The lowest BCUT2D eigenvalue weighted by Gasteiger charge is -2.16. The van der Waals surface area contributed by atoms with Gasteiger partial charge >= 0.3 is 5.97 Å². The average molecular weight is 391 g/mol. The van der Waals surface area contributed by atoms with Crippen molar-refractivity contribution >= 4 is 28.4 Å². The third-order valence-corrected chi connectivity index (χ3v) is 4.53. The lowest BCUT2D eigenvalue weighted by molar-refractivity contribution is -0.128. The summed E-state index contributed by atoms with van der Waals surface area (Å²) in [6.07, 6.45) is 0.349. The molecule has 0 bridgehead atoms. The van der Waals surface area contributed by atoms with Gasteiger partial charge in [0.1, 0.15) is 11.3 Å². The number of phenols is 1. The van der Waals surface area contributed by atoms with Crippen molar-refractivity contribution in [3.8, 4) is 5.75 Å². The van der Waals surface area contributed by atoms with Crippen LogP contribution in [-0.4, -0.2) is 35.4 Å². The molecular formula is C23H21NO5. The standard InChI is InChI=1S/C23H21NO5/c1-15(25)20(11-16-7-3-2-4-8-16)24-22(27)14-29-23(28)19-12-17-9-5-6-10-18(17)13-21(19)26/h2-10,12-13,20,26H,11,14H2,1H3,(H,24,27)/t20-/m0/s1. The van der Waals surface area contributed by atoms with Crippen LogP contribution in [0.2, 0.25) is 0 Å². The fourth-order valence-electron chi connectivity index (χ4n) is 2.98. The SMILES string of the molecule is CC(=O)[C@H](Cc1ccccc1)NC(=O)COC(=O)c1cc2ccccc2cc1O. The number of phenolic OH excluding ortho intramolecular Hbond substituents is 1. The van der Waals surface area contributed by atoms with Crippen LogP contribution >= 0.6 is 0 Å². The minimum Gasteiger partial charge on any atom is -0.507 e. The van der Waals surface area contributed by atoms with Crippen molar-refractivity contribution in [2.75, 3.05) is 6.61 Å². The van der Waals surface area contributed by atoms with Gasteiger partial charge in [-0.05, 0) is 41.8 Å². The Hall–Kier alpha value is -3.67. The zero-order valence-electron chi connectivity index (χ0n) is 15.9. The van der Waals surface area contributed by atoms with Crippen LogP contribution in [-0.2, 0) is 20.7 Å². The van der Waals surface area contributed by atoms with Crippen molar-refractivity contribution in [2.24, 2.45) is 0 Å². The first-order valence-electron chi connectivity index (χ1n) is 9.16. The van der Waals surface area contributed by atoms with Crippen LogP contribution in [0, 0.1) is 0 Å². The number of hydrogen-bond acceptors (Lipinski definition) is 5. The van der Waals surface area contributed by atoms with Crippen molar-refractivity contribution in [3.05, 3.63) is 77.9 Å². The zero-order valence-corrected chi connectivity index (χ0v) is 15.9. The molecule has 148 valence electrons. The van der Waals surface area contributed by atoms with Crippen molar-refractivity contribution in [1.29, 1.82) is 0 Å². The van der Waals surface area contributed by atoms with Crippen LogP contribution in [0.15, 0.2) is 66.7 Å². The van der Waals surface area contributed by atoms with E-state index in [2.05, 4.69) is 5.32 Å². The molecule has 29 heavy (non-hydrogen) atoms. The Morgan fingerprint density at radius 3 is 2.24 bits per heavy atom. The van der Waals surface area contributed by atoms with E-state index in [1.807, 2.05) is 48.5 Å². The molecule has 0 aliphatic rings. The summed E-state index contributed by atoms with van der Waals surface area (Å²) >= 11 is 0. The van der Waals surface area contributed by atoms with E-state index in [1.54, 1.807) is 6.07 Å². The summed E-state index contributed by atoms with van der Waals surface area (Å²) in [5.41, 5.74) is 0.884. The van der Waals surface area contributed by atoms with Crippen molar-refractivity contribution in [1.82, 2.24) is 5.32 Å². The first-order valence-corrected chi connectivity index (χ1v) is 9.16. The predicted octanol–water partition coefficient (Wildman–Crippen LogP) is 3.02. The summed E-state index contributed by atoms with van der Waals surface area (Å²) in [4.78, 5) is 36.3. The molecule has 3 aromatic carbocycles. The number of nitrogens with one attached hydrogen (secondary N) is 1. The Morgan fingerprint density at radius 2 is 1.59 bits per heavy atom. The molecule has 0 aliphatic carbocycles. The topological polar surface area (TPSA) is 92.7 Å². The number of carbonyl (C=O) groups excluding carboxylic acids is 3. The van der Waals surface area contributed by atoms with Gasteiger partial charge in [-0.25, -0.2) is 4.79 Å². The van der Waals surface area contributed by atoms with Gasteiger partial charge in [0.15, 0.2) is 12.4 Å². The van der Waals surface area contributed by atoms with Crippen LogP contribution in [0.4, 0.5) is 0 Å².